The summed E-state index contributed by atoms with van der Waals surface area (Å²) in [6, 6.07) is 4.42. The minimum Gasteiger partial charge on any atom is -0.370 e. The van der Waals surface area contributed by atoms with E-state index in [9.17, 15) is 22.8 Å². The van der Waals surface area contributed by atoms with Crippen LogP contribution < -0.4 is 11.1 Å². The Hall–Kier alpha value is -2.56. The maximum atomic E-state index is 12.7. The van der Waals surface area contributed by atoms with E-state index in [-0.39, 0.29) is 12.1 Å². The first-order valence-corrected chi connectivity index (χ1v) is 8.77. The van der Waals surface area contributed by atoms with Gasteiger partial charge in [0.15, 0.2) is 5.16 Å². The average molecular weight is 401 g/mol. The van der Waals surface area contributed by atoms with Gasteiger partial charge in [0, 0.05) is 25.6 Å². The number of anilines is 1. The first kappa shape index (κ1) is 20.7. The van der Waals surface area contributed by atoms with E-state index in [4.69, 9.17) is 5.73 Å². The molecule has 0 bridgehead atoms. The third kappa shape index (κ3) is 5.71. The number of nitrogens with one attached hydrogen (secondary N) is 1. The van der Waals surface area contributed by atoms with Crippen LogP contribution in [0.15, 0.2) is 29.4 Å². The zero-order chi connectivity index (χ0) is 20.2. The van der Waals surface area contributed by atoms with Crippen molar-refractivity contribution in [3.05, 3.63) is 35.7 Å². The second-order valence-corrected chi connectivity index (χ2v) is 7.06. The Bertz CT molecular complexity index is 838. The second kappa shape index (κ2) is 8.42. The number of carbonyl (C=O) groups is 2. The number of nitrogens with two attached hydrogens (primary N) is 1. The van der Waals surface area contributed by atoms with Crippen LogP contribution in [0.1, 0.15) is 24.7 Å². The molecule has 0 saturated heterocycles. The molecule has 0 fully saturated rings. The Morgan fingerprint density at radius 3 is 2.67 bits per heavy atom. The molecule has 146 valence electrons. The van der Waals surface area contributed by atoms with Gasteiger partial charge < -0.3 is 15.6 Å². The Balaban J connectivity index is 2.01. The summed E-state index contributed by atoms with van der Waals surface area (Å²) in [5.74, 6) is -0.385. The van der Waals surface area contributed by atoms with Gasteiger partial charge in [-0.2, -0.15) is 13.2 Å². The highest BCUT2D eigenvalue weighted by Gasteiger charge is 2.30. The van der Waals surface area contributed by atoms with E-state index in [0.717, 1.165) is 23.9 Å². The van der Waals surface area contributed by atoms with E-state index in [0.29, 0.717) is 17.4 Å². The normalized spacial score (nSPS) is 12.6. The third-order valence-corrected chi connectivity index (χ3v) is 4.76. The summed E-state index contributed by atoms with van der Waals surface area (Å²) in [4.78, 5) is 23.1. The van der Waals surface area contributed by atoms with Crippen molar-refractivity contribution in [3.63, 3.8) is 0 Å². The predicted molar refractivity (Wildman–Crippen MR) is 93.9 cm³/mol. The maximum absolute atomic E-state index is 12.7. The topological polar surface area (TPSA) is 103 Å². The summed E-state index contributed by atoms with van der Waals surface area (Å²) in [7, 11) is 1.69. The number of benzene rings is 1. The van der Waals surface area contributed by atoms with Crippen LogP contribution in [0, 0.1) is 0 Å². The number of thioether (sulfide) groups is 1. The fourth-order valence-corrected chi connectivity index (χ4v) is 2.96. The maximum Gasteiger partial charge on any atom is 0.416 e. The lowest BCUT2D eigenvalue weighted by Crippen LogP contribution is -2.23. The summed E-state index contributed by atoms with van der Waals surface area (Å²) in [5, 5.41) is 10.2. The van der Waals surface area contributed by atoms with E-state index >= 15 is 0 Å². The molecule has 0 aliphatic carbocycles. The number of aromatic nitrogens is 3. The lowest BCUT2D eigenvalue weighted by atomic mass is 10.2. The smallest absolute Gasteiger partial charge is 0.370 e. The highest BCUT2D eigenvalue weighted by molar-refractivity contribution is 8.00. The fraction of sp³-hybridized carbons (Fsp3) is 0.375. The molecule has 0 unspecified atom stereocenters. The molecule has 27 heavy (non-hydrogen) atoms. The van der Waals surface area contributed by atoms with Crippen molar-refractivity contribution < 1.29 is 22.8 Å². The highest BCUT2D eigenvalue weighted by atomic mass is 32.2. The molecule has 1 aromatic heterocycles. The van der Waals surface area contributed by atoms with Gasteiger partial charge >= 0.3 is 6.18 Å². The second-order valence-electron chi connectivity index (χ2n) is 5.75. The molecule has 1 atom stereocenters. The van der Waals surface area contributed by atoms with Gasteiger partial charge in [-0.3, -0.25) is 9.59 Å². The molecule has 11 heteroatoms. The van der Waals surface area contributed by atoms with Gasteiger partial charge in [0.25, 0.3) is 0 Å². The third-order valence-electron chi connectivity index (χ3n) is 3.63. The molecule has 0 aliphatic heterocycles. The van der Waals surface area contributed by atoms with E-state index in [1.54, 1.807) is 18.5 Å². The Morgan fingerprint density at radius 2 is 2.04 bits per heavy atom. The van der Waals surface area contributed by atoms with Crippen LogP contribution in [0.2, 0.25) is 0 Å². The van der Waals surface area contributed by atoms with Crippen LogP contribution in [0.5, 0.6) is 0 Å². The Morgan fingerprint density at radius 1 is 1.33 bits per heavy atom. The van der Waals surface area contributed by atoms with E-state index < -0.39 is 28.8 Å². The van der Waals surface area contributed by atoms with E-state index in [1.165, 1.54) is 12.1 Å². The number of carbonyl (C=O) groups excluding carboxylic acids is 2. The van der Waals surface area contributed by atoms with Crippen molar-refractivity contribution in [2.24, 2.45) is 12.8 Å². The number of halogens is 3. The van der Waals surface area contributed by atoms with Crippen molar-refractivity contribution >= 4 is 29.3 Å². The molecule has 7 nitrogen and oxygen atoms in total. The number of rotatable bonds is 7. The standard InChI is InChI=1S/C16H18F3N5O2S/c1-9(27-15-23-22-13(24(15)2)7-6-12(20)25)14(26)21-11-5-3-4-10(8-11)16(17,18)19/h3-5,8-9H,6-7H2,1-2H3,(H2,20,25)(H,21,26)/t9-/m0/s1. The minimum atomic E-state index is -4.49. The zero-order valence-electron chi connectivity index (χ0n) is 14.6. The number of nitrogens with zero attached hydrogens (tertiary/aromatic N) is 3. The SMILES string of the molecule is C[C@H](Sc1nnc(CCC(N)=O)n1C)C(=O)Nc1cccc(C(F)(F)F)c1. The van der Waals surface area contributed by atoms with Gasteiger partial charge in [-0.1, -0.05) is 17.8 Å². The molecular formula is C16H18F3N5O2S. The lowest BCUT2D eigenvalue weighted by molar-refractivity contribution is -0.137. The molecule has 2 rings (SSSR count). The fourth-order valence-electron chi connectivity index (χ4n) is 2.13. The van der Waals surface area contributed by atoms with Crippen molar-refractivity contribution in [2.75, 3.05) is 5.32 Å². The largest absolute Gasteiger partial charge is 0.416 e. The number of aryl methyl sites for hydroxylation is 1. The lowest BCUT2D eigenvalue weighted by Gasteiger charge is -2.13. The molecule has 1 aromatic carbocycles. The van der Waals surface area contributed by atoms with E-state index in [2.05, 4.69) is 15.5 Å². The van der Waals surface area contributed by atoms with Gasteiger partial charge in [0.05, 0.1) is 10.8 Å². The summed E-state index contributed by atoms with van der Waals surface area (Å²) in [6.45, 7) is 1.60. The number of amides is 2. The van der Waals surface area contributed by atoms with Gasteiger partial charge in [-0.05, 0) is 25.1 Å². The molecule has 2 amide bonds. The summed E-state index contributed by atoms with van der Waals surface area (Å²) < 4.78 is 39.9. The molecule has 3 N–H and O–H groups in total. The zero-order valence-corrected chi connectivity index (χ0v) is 15.4. The van der Waals surface area contributed by atoms with E-state index in [1.807, 2.05) is 0 Å². The van der Waals surface area contributed by atoms with Crippen molar-refractivity contribution in [1.82, 2.24) is 14.8 Å². The molecular weight excluding hydrogens is 383 g/mol. The first-order valence-electron chi connectivity index (χ1n) is 7.89. The van der Waals surface area contributed by atoms with Gasteiger partial charge in [0.2, 0.25) is 11.8 Å². The summed E-state index contributed by atoms with van der Waals surface area (Å²) in [5.41, 5.74) is 4.32. The molecule has 0 aliphatic rings. The number of alkyl halides is 3. The number of hydrogen-bond acceptors (Lipinski definition) is 5. The highest BCUT2D eigenvalue weighted by Crippen LogP contribution is 2.31. The summed E-state index contributed by atoms with van der Waals surface area (Å²) >= 11 is 1.10. The molecule has 2 aromatic rings. The molecule has 0 saturated carbocycles. The van der Waals surface area contributed by atoms with Crippen molar-refractivity contribution in [3.8, 4) is 0 Å². The number of primary amides is 1. The molecule has 1 heterocycles. The molecule has 0 spiro atoms. The van der Waals surface area contributed by atoms with Gasteiger partial charge in [0.1, 0.15) is 5.82 Å². The van der Waals surface area contributed by atoms with Gasteiger partial charge in [-0.25, -0.2) is 0 Å². The van der Waals surface area contributed by atoms with Gasteiger partial charge in [-0.15, -0.1) is 10.2 Å². The van der Waals surface area contributed by atoms with Crippen LogP contribution in [-0.2, 0) is 29.2 Å². The Kier molecular flexibility index (Phi) is 6.47. The van der Waals surface area contributed by atoms with Crippen molar-refractivity contribution in [2.45, 2.75) is 36.3 Å². The van der Waals surface area contributed by atoms with Crippen LogP contribution in [-0.4, -0.2) is 31.8 Å². The van der Waals surface area contributed by atoms with Crippen LogP contribution in [0.25, 0.3) is 0 Å². The van der Waals surface area contributed by atoms with Crippen molar-refractivity contribution in [1.29, 1.82) is 0 Å². The first-order chi connectivity index (χ1) is 12.6. The predicted octanol–water partition coefficient (Wildman–Crippen LogP) is 2.37. The molecule has 0 radical (unpaired) electrons. The number of hydrogen-bond donors (Lipinski definition) is 2. The minimum absolute atomic E-state index is 0.0578. The quantitative estimate of drug-likeness (QED) is 0.694. The summed E-state index contributed by atoms with van der Waals surface area (Å²) in [6.07, 6.45) is -4.03. The Labute approximate surface area is 157 Å². The van der Waals surface area contributed by atoms with Crippen LogP contribution in [0.3, 0.4) is 0 Å². The van der Waals surface area contributed by atoms with Crippen LogP contribution >= 0.6 is 11.8 Å². The van der Waals surface area contributed by atoms with Crippen LogP contribution in [0.4, 0.5) is 18.9 Å². The monoisotopic (exact) mass is 401 g/mol. The average Bonchev–Trinajstić information content (AvgIpc) is 2.92.